The van der Waals surface area contributed by atoms with Crippen LogP contribution in [0.2, 0.25) is 5.02 Å². The number of sulfonamides is 1. The third-order valence-electron chi connectivity index (χ3n) is 7.11. The van der Waals surface area contributed by atoms with Gasteiger partial charge in [-0.1, -0.05) is 35.0 Å². The van der Waals surface area contributed by atoms with E-state index in [1.807, 2.05) is 55.9 Å². The van der Waals surface area contributed by atoms with Gasteiger partial charge in [0.1, 0.15) is 11.3 Å². The first kappa shape index (κ1) is 29.2. The van der Waals surface area contributed by atoms with Crippen molar-refractivity contribution in [1.82, 2.24) is 29.2 Å². The van der Waals surface area contributed by atoms with Crippen molar-refractivity contribution < 1.29 is 17.9 Å². The van der Waals surface area contributed by atoms with Gasteiger partial charge in [-0.25, -0.2) is 17.9 Å². The fourth-order valence-electron chi connectivity index (χ4n) is 5.05. The Hall–Kier alpha value is -3.25. The quantitative estimate of drug-likeness (QED) is 0.303. The first-order chi connectivity index (χ1) is 19.5. The van der Waals surface area contributed by atoms with E-state index in [0.717, 1.165) is 48.9 Å². The third-order valence-corrected chi connectivity index (χ3v) is 8.84. The van der Waals surface area contributed by atoms with Gasteiger partial charge < -0.3 is 9.64 Å². The van der Waals surface area contributed by atoms with Gasteiger partial charge in [0.25, 0.3) is 0 Å². The molecule has 41 heavy (non-hydrogen) atoms. The average molecular weight is 599 g/mol. The number of nitrogens with zero attached hydrogens (tertiary/aromatic N) is 5. The molecule has 0 radical (unpaired) electrons. The maximum Gasteiger partial charge on any atom is 0.419 e. The van der Waals surface area contributed by atoms with Crippen LogP contribution < -0.4 is 4.72 Å². The van der Waals surface area contributed by atoms with Crippen LogP contribution in [0, 0.1) is 5.92 Å². The van der Waals surface area contributed by atoms with Crippen molar-refractivity contribution in [2.45, 2.75) is 50.7 Å². The SMILES string of the molecule is CC(C)(C)OC(=O)n1cc(-c2cn(CC3CCN(CCNS(=O)(=O)c4ccc(Cl)cc4)CC3)nn2)c2ccccc21. The van der Waals surface area contributed by atoms with Crippen LogP contribution in [0.5, 0.6) is 0 Å². The number of piperidine rings is 1. The minimum atomic E-state index is -3.56. The second-order valence-corrected chi connectivity index (χ2v) is 13.6. The Labute approximate surface area is 245 Å². The zero-order valence-electron chi connectivity index (χ0n) is 23.5. The van der Waals surface area contributed by atoms with Gasteiger partial charge in [-0.15, -0.1) is 5.10 Å². The molecule has 3 heterocycles. The largest absolute Gasteiger partial charge is 0.443 e. The van der Waals surface area contributed by atoms with E-state index >= 15 is 0 Å². The number of hydrogen-bond donors (Lipinski definition) is 1. The molecule has 1 aliphatic rings. The maximum absolute atomic E-state index is 12.9. The fraction of sp³-hybridized carbons (Fsp3) is 0.414. The number of nitrogens with one attached hydrogen (secondary N) is 1. The molecule has 4 aromatic rings. The number of likely N-dealkylation sites (tertiary alicyclic amines) is 1. The number of carbonyl (C=O) groups excluding carboxylic acids is 1. The number of hydrogen-bond acceptors (Lipinski definition) is 7. The summed E-state index contributed by atoms with van der Waals surface area (Å²) in [7, 11) is -3.56. The number of fused-ring (bicyclic) bond motifs is 1. The third kappa shape index (κ3) is 7.16. The lowest BCUT2D eigenvalue weighted by molar-refractivity contribution is 0.0544. The summed E-state index contributed by atoms with van der Waals surface area (Å²) in [6.07, 6.45) is 5.23. The zero-order chi connectivity index (χ0) is 29.2. The molecule has 10 nitrogen and oxygen atoms in total. The topological polar surface area (TPSA) is 111 Å². The van der Waals surface area contributed by atoms with Crippen molar-refractivity contribution in [1.29, 1.82) is 0 Å². The smallest absolute Gasteiger partial charge is 0.419 e. The van der Waals surface area contributed by atoms with Gasteiger partial charge in [0.05, 0.1) is 16.6 Å². The second kappa shape index (κ2) is 11.9. The number of rotatable bonds is 8. The summed E-state index contributed by atoms with van der Waals surface area (Å²) in [5, 5.41) is 10.2. The van der Waals surface area contributed by atoms with Gasteiger partial charge in [0.2, 0.25) is 10.0 Å². The minimum absolute atomic E-state index is 0.210. The molecule has 1 fully saturated rings. The first-order valence-corrected chi connectivity index (χ1v) is 15.6. The molecule has 2 aromatic heterocycles. The molecule has 5 rings (SSSR count). The highest BCUT2D eigenvalue weighted by Crippen LogP contribution is 2.30. The van der Waals surface area contributed by atoms with E-state index in [-0.39, 0.29) is 4.90 Å². The summed E-state index contributed by atoms with van der Waals surface area (Å²) in [5.41, 5.74) is 1.68. The predicted molar refractivity (Wildman–Crippen MR) is 158 cm³/mol. The van der Waals surface area contributed by atoms with E-state index in [4.69, 9.17) is 16.3 Å². The van der Waals surface area contributed by atoms with Gasteiger partial charge in [0.15, 0.2) is 0 Å². The summed E-state index contributed by atoms with van der Waals surface area (Å²) in [6.45, 7) is 9.05. The van der Waals surface area contributed by atoms with Crippen molar-refractivity contribution in [3.63, 3.8) is 0 Å². The number of carbonyl (C=O) groups is 1. The molecule has 1 N–H and O–H groups in total. The molecule has 0 aliphatic carbocycles. The molecule has 0 amide bonds. The van der Waals surface area contributed by atoms with Gasteiger partial charge >= 0.3 is 6.09 Å². The van der Waals surface area contributed by atoms with Gasteiger partial charge in [-0.05, 0) is 83.0 Å². The molecule has 1 saturated heterocycles. The number of benzene rings is 2. The molecule has 12 heteroatoms. The molecule has 0 bridgehead atoms. The number of para-hydroxylation sites is 1. The van der Waals surface area contributed by atoms with Crippen molar-refractivity contribution in [2.24, 2.45) is 5.92 Å². The van der Waals surface area contributed by atoms with Crippen LogP contribution in [0.4, 0.5) is 4.79 Å². The van der Waals surface area contributed by atoms with Crippen LogP contribution in [0.15, 0.2) is 65.8 Å². The molecule has 2 aromatic carbocycles. The molecule has 0 unspecified atom stereocenters. The van der Waals surface area contributed by atoms with Crippen LogP contribution in [-0.2, 0) is 21.3 Å². The number of aromatic nitrogens is 4. The molecule has 0 spiro atoms. The standard InChI is InChI=1S/C29H35ClN6O4S/c1-29(2,3)40-28(37)36-19-25(24-6-4-5-7-27(24)36)26-20-35(33-32-26)18-21-12-15-34(16-13-21)17-14-31-41(38,39)23-10-8-22(30)9-11-23/h4-11,19-21,31H,12-18H2,1-3H3. The van der Waals surface area contributed by atoms with Crippen molar-refractivity contribution in [2.75, 3.05) is 26.2 Å². The van der Waals surface area contributed by atoms with Gasteiger partial charge in [0, 0.05) is 41.8 Å². The Kier molecular flexibility index (Phi) is 8.51. The Balaban J connectivity index is 1.16. The van der Waals surface area contributed by atoms with E-state index in [1.165, 1.54) is 16.7 Å². The Morgan fingerprint density at radius 1 is 1.07 bits per heavy atom. The zero-order valence-corrected chi connectivity index (χ0v) is 25.0. The van der Waals surface area contributed by atoms with Crippen molar-refractivity contribution in [3.05, 3.63) is 65.9 Å². The van der Waals surface area contributed by atoms with Crippen LogP contribution in [0.3, 0.4) is 0 Å². The molecular formula is C29H35ClN6O4S. The van der Waals surface area contributed by atoms with E-state index in [1.54, 1.807) is 18.3 Å². The molecule has 0 atom stereocenters. The lowest BCUT2D eigenvalue weighted by Gasteiger charge is -2.31. The predicted octanol–water partition coefficient (Wildman–Crippen LogP) is 5.03. The van der Waals surface area contributed by atoms with Crippen LogP contribution >= 0.6 is 11.6 Å². The Morgan fingerprint density at radius 3 is 2.49 bits per heavy atom. The number of ether oxygens (including phenoxy) is 1. The van der Waals surface area contributed by atoms with E-state index in [2.05, 4.69) is 19.9 Å². The normalized spacial score (nSPS) is 15.4. The highest BCUT2D eigenvalue weighted by molar-refractivity contribution is 7.89. The van der Waals surface area contributed by atoms with Gasteiger partial charge in [-0.2, -0.15) is 0 Å². The minimum Gasteiger partial charge on any atom is -0.443 e. The number of halogens is 1. The van der Waals surface area contributed by atoms with Crippen LogP contribution in [-0.4, -0.2) is 70.8 Å². The molecule has 218 valence electrons. The molecule has 1 aliphatic heterocycles. The summed E-state index contributed by atoms with van der Waals surface area (Å²) < 4.78 is 36.7. The highest BCUT2D eigenvalue weighted by Gasteiger charge is 2.24. The maximum atomic E-state index is 12.9. The highest BCUT2D eigenvalue weighted by atomic mass is 35.5. The first-order valence-electron chi connectivity index (χ1n) is 13.7. The summed E-state index contributed by atoms with van der Waals surface area (Å²) in [4.78, 5) is 15.3. The summed E-state index contributed by atoms with van der Waals surface area (Å²) in [6, 6.07) is 13.8. The molecule has 0 saturated carbocycles. The van der Waals surface area contributed by atoms with Crippen LogP contribution in [0.1, 0.15) is 33.6 Å². The monoisotopic (exact) mass is 598 g/mol. The summed E-state index contributed by atoms with van der Waals surface area (Å²) in [5.74, 6) is 0.440. The van der Waals surface area contributed by atoms with Gasteiger partial charge in [-0.3, -0.25) is 9.25 Å². The van der Waals surface area contributed by atoms with Crippen LogP contribution in [0.25, 0.3) is 22.2 Å². The average Bonchev–Trinajstić information content (AvgIpc) is 3.54. The van der Waals surface area contributed by atoms with Crippen molar-refractivity contribution in [3.8, 4) is 11.3 Å². The van der Waals surface area contributed by atoms with E-state index in [0.29, 0.717) is 29.7 Å². The fourth-order valence-corrected chi connectivity index (χ4v) is 6.20. The van der Waals surface area contributed by atoms with E-state index < -0.39 is 21.7 Å². The lowest BCUT2D eigenvalue weighted by Crippen LogP contribution is -2.40. The second-order valence-electron chi connectivity index (χ2n) is 11.4. The van der Waals surface area contributed by atoms with Crippen molar-refractivity contribution >= 4 is 38.6 Å². The van der Waals surface area contributed by atoms with E-state index in [9.17, 15) is 13.2 Å². The Bertz CT molecular complexity index is 1620. The molecular weight excluding hydrogens is 564 g/mol. The summed E-state index contributed by atoms with van der Waals surface area (Å²) >= 11 is 5.86. The lowest BCUT2D eigenvalue weighted by atomic mass is 9.97. The Morgan fingerprint density at radius 2 is 1.78 bits per heavy atom.